The molecule has 4 heteroatoms. The molecule has 11 rings (SSSR count). The van der Waals surface area contributed by atoms with Crippen molar-refractivity contribution in [1.29, 1.82) is 0 Å². The lowest BCUT2D eigenvalue weighted by Crippen LogP contribution is -2.24. The van der Waals surface area contributed by atoms with Gasteiger partial charge in [0.05, 0.1) is 22.7 Å². The highest BCUT2D eigenvalue weighted by Gasteiger charge is 2.30. The number of rotatable bonds is 7. The first-order valence-corrected chi connectivity index (χ1v) is 20.5. The maximum absolute atomic E-state index is 2.40. The first-order chi connectivity index (χ1) is 28.8. The maximum Gasteiger partial charge on any atom is 0.0709 e. The van der Waals surface area contributed by atoms with E-state index in [-0.39, 0.29) is 0 Å². The number of nitrogens with zero attached hydrogens (tertiary/aromatic N) is 3. The van der Waals surface area contributed by atoms with E-state index in [1.807, 2.05) is 11.3 Å². The molecule has 0 bridgehead atoms. The fourth-order valence-corrected chi connectivity index (χ4v) is 9.51. The highest BCUT2D eigenvalue weighted by molar-refractivity contribution is 7.25. The lowest BCUT2D eigenvalue weighted by Gasteiger charge is -2.40. The average molecular weight is 760 g/mol. The van der Waals surface area contributed by atoms with Gasteiger partial charge in [-0.2, -0.15) is 0 Å². The third kappa shape index (κ3) is 5.90. The molecule has 0 saturated heterocycles. The van der Waals surface area contributed by atoms with Crippen LogP contribution in [0.15, 0.2) is 224 Å². The van der Waals surface area contributed by atoms with Crippen LogP contribution in [0.4, 0.5) is 51.2 Å². The third-order valence-electron chi connectivity index (χ3n) is 11.2. The molecule has 0 spiro atoms. The molecule has 1 aliphatic heterocycles. The van der Waals surface area contributed by atoms with E-state index in [2.05, 4.69) is 239 Å². The van der Waals surface area contributed by atoms with Crippen molar-refractivity contribution >= 4 is 82.7 Å². The molecule has 10 aromatic rings. The van der Waals surface area contributed by atoms with Crippen molar-refractivity contribution < 1.29 is 0 Å². The van der Waals surface area contributed by atoms with Crippen LogP contribution in [0.25, 0.3) is 42.4 Å². The second-order valence-electron chi connectivity index (χ2n) is 14.6. The maximum atomic E-state index is 2.40. The molecule has 0 atom stereocenters. The van der Waals surface area contributed by atoms with Gasteiger partial charge in [0.15, 0.2) is 0 Å². The summed E-state index contributed by atoms with van der Waals surface area (Å²) >= 11 is 1.85. The summed E-state index contributed by atoms with van der Waals surface area (Å²) in [6.45, 7) is 0. The predicted molar refractivity (Wildman–Crippen MR) is 248 cm³/mol. The quantitative estimate of drug-likeness (QED) is 0.160. The van der Waals surface area contributed by atoms with Gasteiger partial charge >= 0.3 is 0 Å². The zero-order valence-corrected chi connectivity index (χ0v) is 32.4. The van der Waals surface area contributed by atoms with Crippen LogP contribution in [0.2, 0.25) is 0 Å². The number of anilines is 9. The molecule has 2 heterocycles. The van der Waals surface area contributed by atoms with Gasteiger partial charge in [0.2, 0.25) is 0 Å². The van der Waals surface area contributed by atoms with E-state index in [9.17, 15) is 0 Å². The Morgan fingerprint density at radius 3 is 1.38 bits per heavy atom. The van der Waals surface area contributed by atoms with Crippen LogP contribution < -0.4 is 14.7 Å². The second-order valence-corrected chi connectivity index (χ2v) is 15.7. The second kappa shape index (κ2) is 14.3. The van der Waals surface area contributed by atoms with Gasteiger partial charge in [-0.3, -0.25) is 0 Å². The van der Waals surface area contributed by atoms with Crippen molar-refractivity contribution in [3.63, 3.8) is 0 Å². The normalized spacial score (nSPS) is 12.1. The van der Waals surface area contributed by atoms with Crippen molar-refractivity contribution in [1.82, 2.24) is 0 Å². The predicted octanol–water partition coefficient (Wildman–Crippen LogP) is 16.1. The molecule has 9 aromatic carbocycles. The van der Waals surface area contributed by atoms with E-state index < -0.39 is 0 Å². The first kappa shape index (κ1) is 33.9. The van der Waals surface area contributed by atoms with E-state index in [0.29, 0.717) is 0 Å². The SMILES string of the molecule is c1ccc(-c2ccc(N(c3ccc(-c4ccc5c(c4)N(c4ccccc4)c4ccccc4N5c4ccccc4)cc3)c3ccc4sc5ccccc5c4c3)cc2)cc1. The van der Waals surface area contributed by atoms with Crippen molar-refractivity contribution in [3.05, 3.63) is 224 Å². The minimum absolute atomic E-state index is 1.10. The van der Waals surface area contributed by atoms with Gasteiger partial charge in [-0.15, -0.1) is 11.3 Å². The van der Waals surface area contributed by atoms with Gasteiger partial charge in [-0.05, 0) is 119 Å². The smallest absolute Gasteiger partial charge is 0.0709 e. The summed E-state index contributed by atoms with van der Waals surface area (Å²) in [6.07, 6.45) is 0. The Kier molecular flexibility index (Phi) is 8.34. The van der Waals surface area contributed by atoms with E-state index in [1.54, 1.807) is 0 Å². The highest BCUT2D eigenvalue weighted by atomic mass is 32.1. The molecule has 0 amide bonds. The summed E-state index contributed by atoms with van der Waals surface area (Å²) < 4.78 is 2.61. The van der Waals surface area contributed by atoms with Crippen LogP contribution >= 0.6 is 11.3 Å². The number of benzene rings is 9. The Bertz CT molecular complexity index is 3050. The zero-order chi connectivity index (χ0) is 38.4. The van der Waals surface area contributed by atoms with Crippen LogP contribution in [0.3, 0.4) is 0 Å². The van der Waals surface area contributed by atoms with Crippen LogP contribution in [0.5, 0.6) is 0 Å². The van der Waals surface area contributed by atoms with E-state index in [0.717, 1.165) is 62.3 Å². The molecular weight excluding hydrogens is 723 g/mol. The Hall–Kier alpha value is -7.40. The summed E-state index contributed by atoms with van der Waals surface area (Å²) in [5, 5.41) is 2.58. The van der Waals surface area contributed by atoms with Crippen molar-refractivity contribution in [2.75, 3.05) is 14.7 Å². The highest BCUT2D eigenvalue weighted by Crippen LogP contribution is 2.55. The molecule has 1 aliphatic rings. The average Bonchev–Trinajstić information content (AvgIpc) is 3.67. The van der Waals surface area contributed by atoms with Crippen LogP contribution in [0, 0.1) is 0 Å². The number of fused-ring (bicyclic) bond motifs is 5. The topological polar surface area (TPSA) is 9.72 Å². The first-order valence-electron chi connectivity index (χ1n) is 19.7. The summed E-state index contributed by atoms with van der Waals surface area (Å²) in [6, 6.07) is 81.1. The largest absolute Gasteiger partial charge is 0.310 e. The Labute approximate surface area is 342 Å². The van der Waals surface area contributed by atoms with Gasteiger partial charge in [-0.1, -0.05) is 127 Å². The Morgan fingerprint density at radius 1 is 0.293 bits per heavy atom. The van der Waals surface area contributed by atoms with Gasteiger partial charge in [0.25, 0.3) is 0 Å². The monoisotopic (exact) mass is 759 g/mol. The van der Waals surface area contributed by atoms with E-state index in [4.69, 9.17) is 0 Å². The van der Waals surface area contributed by atoms with Crippen LogP contribution in [-0.4, -0.2) is 0 Å². The molecule has 0 radical (unpaired) electrons. The number of hydrogen-bond acceptors (Lipinski definition) is 4. The molecule has 274 valence electrons. The Balaban J connectivity index is 1.02. The molecule has 0 saturated carbocycles. The molecule has 3 nitrogen and oxygen atoms in total. The summed E-state index contributed by atoms with van der Waals surface area (Å²) in [5.41, 5.74) is 14.9. The third-order valence-corrected chi connectivity index (χ3v) is 12.3. The number of thiophene rings is 1. The van der Waals surface area contributed by atoms with Crippen molar-refractivity contribution in [3.8, 4) is 22.3 Å². The molecule has 0 N–H and O–H groups in total. The standard InChI is InChI=1S/C54H37N3S/c1-4-14-38(15-5-1)39-24-29-44(30-25-39)55(46-33-35-54-48(37-46)47-20-10-13-23-53(47)58-54)45-31-26-40(27-32-45)41-28-34-51-52(36-41)57(43-18-8-3-9-19-43)50-22-12-11-21-49(50)56(51)42-16-6-2-7-17-42/h1-37H. The lowest BCUT2D eigenvalue weighted by atomic mass is 9.99. The molecule has 0 fully saturated rings. The summed E-state index contributed by atoms with van der Waals surface area (Å²) in [4.78, 5) is 7.15. The van der Waals surface area contributed by atoms with Gasteiger partial charge in [-0.25, -0.2) is 0 Å². The van der Waals surface area contributed by atoms with E-state index >= 15 is 0 Å². The van der Waals surface area contributed by atoms with Crippen molar-refractivity contribution in [2.45, 2.75) is 0 Å². The van der Waals surface area contributed by atoms with Crippen LogP contribution in [0.1, 0.15) is 0 Å². The minimum atomic E-state index is 1.10. The summed E-state index contributed by atoms with van der Waals surface area (Å²) in [5.74, 6) is 0. The van der Waals surface area contributed by atoms with Crippen LogP contribution in [-0.2, 0) is 0 Å². The van der Waals surface area contributed by atoms with Crippen molar-refractivity contribution in [2.24, 2.45) is 0 Å². The number of hydrogen-bond donors (Lipinski definition) is 0. The lowest BCUT2D eigenvalue weighted by molar-refractivity contribution is 1.17. The fraction of sp³-hybridized carbons (Fsp3) is 0. The number of para-hydroxylation sites is 4. The minimum Gasteiger partial charge on any atom is -0.310 e. The molecule has 58 heavy (non-hydrogen) atoms. The zero-order valence-electron chi connectivity index (χ0n) is 31.6. The molecule has 0 aliphatic carbocycles. The van der Waals surface area contributed by atoms with Gasteiger partial charge in [0.1, 0.15) is 0 Å². The molecule has 0 unspecified atom stereocenters. The molecular formula is C54H37N3S. The van der Waals surface area contributed by atoms with Gasteiger partial charge < -0.3 is 14.7 Å². The summed E-state index contributed by atoms with van der Waals surface area (Å²) in [7, 11) is 0. The van der Waals surface area contributed by atoms with Gasteiger partial charge in [0, 0.05) is 48.6 Å². The Morgan fingerprint density at radius 2 is 0.741 bits per heavy atom. The van der Waals surface area contributed by atoms with E-state index in [1.165, 1.54) is 31.3 Å². The fourth-order valence-electron chi connectivity index (χ4n) is 8.42. The molecule has 1 aromatic heterocycles.